The summed E-state index contributed by atoms with van der Waals surface area (Å²) in [6, 6.07) is 15.6. The molecule has 1 aromatic heterocycles. The maximum atomic E-state index is 12.9. The summed E-state index contributed by atoms with van der Waals surface area (Å²) in [5.74, 6) is 0.720. The Balaban J connectivity index is 1.36. The van der Waals surface area contributed by atoms with Crippen LogP contribution in [0.3, 0.4) is 0 Å². The van der Waals surface area contributed by atoms with Gasteiger partial charge in [0.2, 0.25) is 11.8 Å². The maximum Gasteiger partial charge on any atom is 0.226 e. The number of aromatic nitrogens is 1. The molecule has 0 spiro atoms. The standard InChI is InChI=1S/C22H24FN5O2/c1-24-22(26-12-11-25-20(29)13-16-7-9-18(23)10-8-16)27-14-19-15-30-21(28-19)17-5-3-2-4-6-17/h2-10,15H,11-14H2,1H3,(H,25,29)(H2,24,26,27). The fraction of sp³-hybridized carbons (Fsp3) is 0.227. The third-order valence-corrected chi connectivity index (χ3v) is 4.25. The van der Waals surface area contributed by atoms with Gasteiger partial charge < -0.3 is 20.4 Å². The average molecular weight is 409 g/mol. The molecule has 0 unspecified atom stereocenters. The molecule has 0 aliphatic heterocycles. The van der Waals surface area contributed by atoms with Crippen molar-refractivity contribution in [3.05, 3.63) is 77.9 Å². The largest absolute Gasteiger partial charge is 0.444 e. The van der Waals surface area contributed by atoms with Crippen LogP contribution in [0.25, 0.3) is 11.5 Å². The van der Waals surface area contributed by atoms with Gasteiger partial charge in [-0.3, -0.25) is 9.79 Å². The molecule has 30 heavy (non-hydrogen) atoms. The molecule has 0 atom stereocenters. The van der Waals surface area contributed by atoms with Gasteiger partial charge >= 0.3 is 0 Å². The van der Waals surface area contributed by atoms with E-state index < -0.39 is 0 Å². The fourth-order valence-corrected chi connectivity index (χ4v) is 2.73. The topological polar surface area (TPSA) is 91.5 Å². The molecule has 1 amide bonds. The highest BCUT2D eigenvalue weighted by Crippen LogP contribution is 2.17. The first-order chi connectivity index (χ1) is 14.6. The van der Waals surface area contributed by atoms with Crippen LogP contribution in [0.2, 0.25) is 0 Å². The summed E-state index contributed by atoms with van der Waals surface area (Å²) in [6.07, 6.45) is 1.82. The lowest BCUT2D eigenvalue weighted by Crippen LogP contribution is -2.41. The number of benzene rings is 2. The second-order valence-corrected chi connectivity index (χ2v) is 6.52. The van der Waals surface area contributed by atoms with Crippen molar-refractivity contribution >= 4 is 11.9 Å². The molecular formula is C22H24FN5O2. The van der Waals surface area contributed by atoms with Crippen molar-refractivity contribution in [1.82, 2.24) is 20.9 Å². The lowest BCUT2D eigenvalue weighted by Gasteiger charge is -2.11. The molecule has 8 heteroatoms. The van der Waals surface area contributed by atoms with E-state index in [1.807, 2.05) is 30.3 Å². The van der Waals surface area contributed by atoms with Gasteiger partial charge in [-0.2, -0.15) is 0 Å². The van der Waals surface area contributed by atoms with Gasteiger partial charge in [0.1, 0.15) is 12.1 Å². The number of carbonyl (C=O) groups is 1. The van der Waals surface area contributed by atoms with E-state index in [0.717, 1.165) is 16.8 Å². The predicted octanol–water partition coefficient (Wildman–Crippen LogP) is 2.50. The summed E-state index contributed by atoms with van der Waals surface area (Å²) >= 11 is 0. The molecule has 3 rings (SSSR count). The summed E-state index contributed by atoms with van der Waals surface area (Å²) < 4.78 is 18.4. The Morgan fingerprint density at radius 3 is 2.50 bits per heavy atom. The average Bonchev–Trinajstić information content (AvgIpc) is 3.24. The molecule has 0 saturated heterocycles. The smallest absolute Gasteiger partial charge is 0.226 e. The van der Waals surface area contributed by atoms with Crippen LogP contribution in [-0.2, 0) is 17.8 Å². The minimum absolute atomic E-state index is 0.123. The van der Waals surface area contributed by atoms with Crippen molar-refractivity contribution in [3.8, 4) is 11.5 Å². The number of guanidine groups is 1. The first-order valence-electron chi connectivity index (χ1n) is 9.59. The van der Waals surface area contributed by atoms with E-state index in [4.69, 9.17) is 4.42 Å². The van der Waals surface area contributed by atoms with Crippen molar-refractivity contribution in [3.63, 3.8) is 0 Å². The van der Waals surface area contributed by atoms with Crippen molar-refractivity contribution in [2.24, 2.45) is 4.99 Å². The van der Waals surface area contributed by atoms with Crippen molar-refractivity contribution in [1.29, 1.82) is 0 Å². The van der Waals surface area contributed by atoms with Crippen LogP contribution in [0.15, 0.2) is 70.3 Å². The van der Waals surface area contributed by atoms with E-state index in [1.165, 1.54) is 12.1 Å². The first-order valence-corrected chi connectivity index (χ1v) is 9.59. The lowest BCUT2D eigenvalue weighted by molar-refractivity contribution is -0.120. The minimum Gasteiger partial charge on any atom is -0.444 e. The molecule has 3 N–H and O–H groups in total. The van der Waals surface area contributed by atoms with Gasteiger partial charge in [-0.25, -0.2) is 9.37 Å². The molecule has 0 radical (unpaired) electrons. The van der Waals surface area contributed by atoms with E-state index >= 15 is 0 Å². The monoisotopic (exact) mass is 409 g/mol. The number of amides is 1. The Labute approximate surface area is 174 Å². The Morgan fingerprint density at radius 1 is 1.03 bits per heavy atom. The highest BCUT2D eigenvalue weighted by Gasteiger charge is 2.07. The molecule has 3 aromatic rings. The van der Waals surface area contributed by atoms with E-state index in [-0.39, 0.29) is 18.1 Å². The normalized spacial score (nSPS) is 11.2. The summed E-state index contributed by atoms with van der Waals surface area (Å²) in [4.78, 5) is 20.6. The quantitative estimate of drug-likeness (QED) is 0.302. The second-order valence-electron chi connectivity index (χ2n) is 6.52. The molecule has 2 aromatic carbocycles. The van der Waals surface area contributed by atoms with Gasteiger partial charge in [0.15, 0.2) is 5.96 Å². The van der Waals surface area contributed by atoms with E-state index in [2.05, 4.69) is 25.9 Å². The molecule has 0 aliphatic rings. The Hall–Kier alpha value is -3.68. The zero-order valence-electron chi connectivity index (χ0n) is 16.7. The number of hydrogen-bond donors (Lipinski definition) is 3. The summed E-state index contributed by atoms with van der Waals surface area (Å²) in [5, 5.41) is 9.09. The molecule has 1 heterocycles. The lowest BCUT2D eigenvalue weighted by atomic mass is 10.1. The first kappa shape index (κ1) is 21.0. The van der Waals surface area contributed by atoms with Crippen molar-refractivity contribution < 1.29 is 13.6 Å². The predicted molar refractivity (Wildman–Crippen MR) is 113 cm³/mol. The number of rotatable bonds is 8. The van der Waals surface area contributed by atoms with Crippen molar-refractivity contribution in [2.45, 2.75) is 13.0 Å². The van der Waals surface area contributed by atoms with E-state index in [1.54, 1.807) is 25.4 Å². The zero-order chi connectivity index (χ0) is 21.2. The molecule has 7 nitrogen and oxygen atoms in total. The zero-order valence-corrected chi connectivity index (χ0v) is 16.7. The minimum atomic E-state index is -0.316. The third-order valence-electron chi connectivity index (χ3n) is 4.25. The second kappa shape index (κ2) is 10.8. The van der Waals surface area contributed by atoms with Crippen LogP contribution < -0.4 is 16.0 Å². The number of carbonyl (C=O) groups excluding carboxylic acids is 1. The van der Waals surface area contributed by atoms with Gasteiger partial charge in [0.05, 0.1) is 18.7 Å². The number of hydrogen-bond acceptors (Lipinski definition) is 4. The van der Waals surface area contributed by atoms with Gasteiger partial charge in [-0.15, -0.1) is 0 Å². The van der Waals surface area contributed by atoms with Crippen LogP contribution >= 0.6 is 0 Å². The van der Waals surface area contributed by atoms with Crippen LogP contribution in [0.4, 0.5) is 4.39 Å². The Kier molecular flexibility index (Phi) is 7.54. The summed E-state index contributed by atoms with van der Waals surface area (Å²) in [7, 11) is 1.67. The highest BCUT2D eigenvalue weighted by atomic mass is 19.1. The number of oxazole rings is 1. The SMILES string of the molecule is CN=C(NCCNC(=O)Cc1ccc(F)cc1)NCc1coc(-c2ccccc2)n1. The molecule has 0 fully saturated rings. The van der Waals surface area contributed by atoms with Crippen LogP contribution in [0, 0.1) is 5.82 Å². The van der Waals surface area contributed by atoms with Crippen LogP contribution in [-0.4, -0.2) is 37.0 Å². The number of nitrogens with one attached hydrogen (secondary N) is 3. The third kappa shape index (κ3) is 6.44. The van der Waals surface area contributed by atoms with Gasteiger partial charge in [-0.05, 0) is 29.8 Å². The number of halogens is 1. The van der Waals surface area contributed by atoms with Crippen molar-refractivity contribution in [2.75, 3.05) is 20.1 Å². The van der Waals surface area contributed by atoms with Gasteiger partial charge in [0.25, 0.3) is 0 Å². The number of aliphatic imine (C=N–C) groups is 1. The summed E-state index contributed by atoms with van der Waals surface area (Å²) in [6.45, 7) is 1.39. The fourth-order valence-electron chi connectivity index (χ4n) is 2.73. The number of nitrogens with zero attached hydrogens (tertiary/aromatic N) is 2. The molecule has 0 aliphatic carbocycles. The van der Waals surface area contributed by atoms with Gasteiger partial charge in [-0.1, -0.05) is 30.3 Å². The molecule has 0 bridgehead atoms. The highest BCUT2D eigenvalue weighted by molar-refractivity contribution is 5.80. The van der Waals surface area contributed by atoms with Crippen LogP contribution in [0.1, 0.15) is 11.3 Å². The van der Waals surface area contributed by atoms with Gasteiger partial charge in [0, 0.05) is 25.7 Å². The maximum absolute atomic E-state index is 12.9. The Bertz CT molecular complexity index is 971. The summed E-state index contributed by atoms with van der Waals surface area (Å²) in [5.41, 5.74) is 2.44. The molecule has 156 valence electrons. The molecule has 0 saturated carbocycles. The van der Waals surface area contributed by atoms with Crippen LogP contribution in [0.5, 0.6) is 0 Å². The Morgan fingerprint density at radius 2 is 1.77 bits per heavy atom. The van der Waals surface area contributed by atoms with E-state index in [0.29, 0.717) is 31.5 Å². The van der Waals surface area contributed by atoms with E-state index in [9.17, 15) is 9.18 Å². The molecular weight excluding hydrogens is 385 g/mol.